The van der Waals surface area contributed by atoms with E-state index in [2.05, 4.69) is 0 Å². The zero-order chi connectivity index (χ0) is 24.2. The van der Waals surface area contributed by atoms with E-state index in [1.165, 1.54) is 7.11 Å². The molecular formula is C28H25NO5. The van der Waals surface area contributed by atoms with Crippen LogP contribution in [0.2, 0.25) is 0 Å². The molecule has 6 nitrogen and oxygen atoms in total. The Bertz CT molecular complexity index is 1230. The van der Waals surface area contributed by atoms with Crippen molar-refractivity contribution in [1.29, 1.82) is 0 Å². The number of benzene rings is 3. The Kier molecular flexibility index (Phi) is 6.59. The summed E-state index contributed by atoms with van der Waals surface area (Å²) in [6.07, 6.45) is 3.90. The maximum Gasteiger partial charge on any atom is 0.335 e. The first-order valence-corrected chi connectivity index (χ1v) is 11.0. The van der Waals surface area contributed by atoms with Gasteiger partial charge in [0.15, 0.2) is 11.5 Å². The average Bonchev–Trinajstić information content (AvgIpc) is 3.09. The highest BCUT2D eigenvalue weighted by Gasteiger charge is 2.44. The molecule has 0 saturated carbocycles. The Morgan fingerprint density at radius 1 is 0.794 bits per heavy atom. The fraction of sp³-hybridized carbons (Fsp3) is 0.179. The molecule has 1 aliphatic rings. The quantitative estimate of drug-likeness (QED) is 0.215. The van der Waals surface area contributed by atoms with Gasteiger partial charge in [0.25, 0.3) is 11.8 Å². The number of hydrogen-bond acceptors (Lipinski definition) is 5. The first-order valence-electron chi connectivity index (χ1n) is 11.0. The van der Waals surface area contributed by atoms with Gasteiger partial charge in [-0.2, -0.15) is 0 Å². The van der Waals surface area contributed by atoms with Crippen molar-refractivity contribution in [2.75, 3.05) is 7.11 Å². The minimum absolute atomic E-state index is 0.214. The third-order valence-corrected chi connectivity index (χ3v) is 5.64. The van der Waals surface area contributed by atoms with Crippen molar-refractivity contribution in [1.82, 2.24) is 4.90 Å². The summed E-state index contributed by atoms with van der Waals surface area (Å²) in [6, 6.07) is 20.5. The average molecular weight is 456 g/mol. The number of imide groups is 1. The molecule has 172 valence electrons. The Labute approximate surface area is 198 Å². The van der Waals surface area contributed by atoms with Crippen molar-refractivity contribution in [3.63, 3.8) is 0 Å². The topological polar surface area (TPSA) is 72.9 Å². The van der Waals surface area contributed by atoms with Crippen molar-refractivity contribution in [3.05, 3.63) is 95.1 Å². The molecule has 6 heteroatoms. The Balaban J connectivity index is 1.56. The van der Waals surface area contributed by atoms with Gasteiger partial charge >= 0.3 is 5.97 Å². The number of esters is 1. The molecule has 34 heavy (non-hydrogen) atoms. The van der Waals surface area contributed by atoms with Crippen molar-refractivity contribution >= 4 is 29.9 Å². The molecule has 1 unspecified atom stereocenters. The van der Waals surface area contributed by atoms with Crippen LogP contribution in [0.4, 0.5) is 0 Å². The second-order valence-electron chi connectivity index (χ2n) is 8.29. The van der Waals surface area contributed by atoms with E-state index in [9.17, 15) is 14.4 Å². The largest absolute Gasteiger partial charge is 0.493 e. The van der Waals surface area contributed by atoms with Gasteiger partial charge < -0.3 is 9.47 Å². The van der Waals surface area contributed by atoms with Crippen LogP contribution in [0.3, 0.4) is 0 Å². The maximum absolute atomic E-state index is 13.2. The second kappa shape index (κ2) is 9.75. The summed E-state index contributed by atoms with van der Waals surface area (Å²) in [6.45, 7) is 3.54. The Morgan fingerprint density at radius 3 is 1.97 bits per heavy atom. The van der Waals surface area contributed by atoms with Crippen molar-refractivity contribution in [2.45, 2.75) is 19.9 Å². The van der Waals surface area contributed by atoms with Gasteiger partial charge in [-0.25, -0.2) is 4.79 Å². The van der Waals surface area contributed by atoms with E-state index >= 15 is 0 Å². The van der Waals surface area contributed by atoms with Crippen LogP contribution < -0.4 is 9.47 Å². The van der Waals surface area contributed by atoms with Crippen LogP contribution in [0.15, 0.2) is 72.8 Å². The zero-order valence-corrected chi connectivity index (χ0v) is 19.2. The molecular weight excluding hydrogens is 430 g/mol. The van der Waals surface area contributed by atoms with E-state index in [0.29, 0.717) is 5.75 Å². The fourth-order valence-corrected chi connectivity index (χ4v) is 3.93. The summed E-state index contributed by atoms with van der Waals surface area (Å²) in [4.78, 5) is 40.1. The predicted octanol–water partition coefficient (Wildman–Crippen LogP) is 5.09. The Hall–Kier alpha value is -4.19. The van der Waals surface area contributed by atoms with E-state index in [4.69, 9.17) is 9.47 Å². The van der Waals surface area contributed by atoms with Crippen molar-refractivity contribution < 1.29 is 23.9 Å². The van der Waals surface area contributed by atoms with Crippen LogP contribution in [-0.4, -0.2) is 35.8 Å². The van der Waals surface area contributed by atoms with E-state index in [0.717, 1.165) is 16.0 Å². The maximum atomic E-state index is 13.2. The highest BCUT2D eigenvalue weighted by atomic mass is 16.6. The number of rotatable bonds is 7. The first-order chi connectivity index (χ1) is 16.4. The van der Waals surface area contributed by atoms with Crippen LogP contribution in [0.1, 0.15) is 45.7 Å². The van der Waals surface area contributed by atoms with Crippen LogP contribution in [-0.2, 0) is 4.79 Å². The van der Waals surface area contributed by atoms with Gasteiger partial charge in [0, 0.05) is 0 Å². The third kappa shape index (κ3) is 4.48. The number of nitrogens with zero attached hydrogens (tertiary/aromatic N) is 1. The summed E-state index contributed by atoms with van der Waals surface area (Å²) in [5, 5.41) is 0. The van der Waals surface area contributed by atoms with Crippen LogP contribution in [0.5, 0.6) is 11.5 Å². The second-order valence-corrected chi connectivity index (χ2v) is 8.29. The lowest BCUT2D eigenvalue weighted by Gasteiger charge is -2.27. The van der Waals surface area contributed by atoms with Gasteiger partial charge in [0.05, 0.1) is 18.2 Å². The predicted molar refractivity (Wildman–Crippen MR) is 130 cm³/mol. The molecule has 0 spiro atoms. The highest BCUT2D eigenvalue weighted by Crippen LogP contribution is 2.32. The molecule has 0 aliphatic carbocycles. The van der Waals surface area contributed by atoms with E-state index in [1.807, 2.05) is 42.5 Å². The SMILES string of the molecule is COc1cc(C=Cc2ccccc2)ccc1OC(=O)C(C(C)C)N1C(=O)c2ccccc2C1=O. The monoisotopic (exact) mass is 455 g/mol. The molecule has 1 aliphatic heterocycles. The smallest absolute Gasteiger partial charge is 0.335 e. The summed E-state index contributed by atoms with van der Waals surface area (Å²) in [5.41, 5.74) is 2.50. The molecule has 4 rings (SSSR count). The van der Waals surface area contributed by atoms with Gasteiger partial charge in [-0.1, -0.05) is 74.5 Å². The molecule has 0 bridgehead atoms. The lowest BCUT2D eigenvalue weighted by molar-refractivity contribution is -0.140. The van der Waals surface area contributed by atoms with Crippen LogP contribution >= 0.6 is 0 Å². The van der Waals surface area contributed by atoms with Crippen LogP contribution in [0.25, 0.3) is 12.2 Å². The van der Waals surface area contributed by atoms with Gasteiger partial charge in [0.1, 0.15) is 6.04 Å². The minimum Gasteiger partial charge on any atom is -0.493 e. The molecule has 0 N–H and O–H groups in total. The minimum atomic E-state index is -1.07. The Morgan fingerprint density at radius 2 is 1.38 bits per heavy atom. The van der Waals surface area contributed by atoms with Gasteiger partial charge in [-0.15, -0.1) is 0 Å². The molecule has 2 amide bonds. The van der Waals surface area contributed by atoms with Gasteiger partial charge in [-0.05, 0) is 41.3 Å². The lowest BCUT2D eigenvalue weighted by atomic mass is 10.0. The normalized spacial score (nSPS) is 13.9. The van der Waals surface area contributed by atoms with Crippen molar-refractivity contribution in [2.24, 2.45) is 5.92 Å². The molecule has 3 aromatic rings. The van der Waals surface area contributed by atoms with Crippen LogP contribution in [0, 0.1) is 5.92 Å². The number of carbonyl (C=O) groups is 3. The summed E-state index contributed by atoms with van der Waals surface area (Å²) < 4.78 is 11.1. The molecule has 1 atom stereocenters. The number of hydrogen-bond donors (Lipinski definition) is 0. The standard InChI is InChI=1S/C28H25NO5/c1-18(2)25(29-26(30)21-11-7-8-12-22(21)27(29)31)28(32)34-23-16-15-20(17-24(23)33-3)14-13-19-9-5-4-6-10-19/h4-18,25H,1-3H3. The summed E-state index contributed by atoms with van der Waals surface area (Å²) >= 11 is 0. The number of methoxy groups -OCH3 is 1. The van der Waals surface area contributed by atoms with Gasteiger partial charge in [0.2, 0.25) is 0 Å². The zero-order valence-electron chi connectivity index (χ0n) is 19.2. The van der Waals surface area contributed by atoms with Crippen molar-refractivity contribution in [3.8, 4) is 11.5 Å². The molecule has 0 aromatic heterocycles. The number of amides is 2. The molecule has 0 saturated heterocycles. The number of ether oxygens (including phenoxy) is 2. The third-order valence-electron chi connectivity index (χ3n) is 5.64. The van der Waals surface area contributed by atoms with Gasteiger partial charge in [-0.3, -0.25) is 14.5 Å². The highest BCUT2D eigenvalue weighted by molar-refractivity contribution is 6.22. The molecule has 1 heterocycles. The summed E-state index contributed by atoms with van der Waals surface area (Å²) in [5.74, 6) is -1.46. The van der Waals surface area contributed by atoms with E-state index < -0.39 is 23.8 Å². The molecule has 0 radical (unpaired) electrons. The molecule has 3 aromatic carbocycles. The fourth-order valence-electron chi connectivity index (χ4n) is 3.93. The lowest BCUT2D eigenvalue weighted by Crippen LogP contribution is -2.49. The van der Waals surface area contributed by atoms with E-state index in [-0.39, 0.29) is 22.8 Å². The number of fused-ring (bicyclic) bond motifs is 1. The van der Waals surface area contributed by atoms with E-state index in [1.54, 1.807) is 56.3 Å². The number of carbonyl (C=O) groups excluding carboxylic acids is 3. The molecule has 0 fully saturated rings. The summed E-state index contributed by atoms with van der Waals surface area (Å²) in [7, 11) is 1.49. The first kappa shape index (κ1) is 23.0.